The molecule has 0 aromatic rings. The fraction of sp³-hybridized carbons (Fsp3) is 0.875. The first-order chi connectivity index (χ1) is 10.1. The second-order valence-corrected chi connectivity index (χ2v) is 6.51. The fourth-order valence-corrected chi connectivity index (χ4v) is 3.46. The van der Waals surface area contributed by atoms with Gasteiger partial charge in [-0.15, -0.1) is 0 Å². The minimum absolute atomic E-state index is 0.0375. The maximum atomic E-state index is 12.2. The van der Waals surface area contributed by atoms with Crippen LogP contribution in [-0.2, 0) is 9.59 Å². The summed E-state index contributed by atoms with van der Waals surface area (Å²) in [5, 5.41) is 11.8. The summed E-state index contributed by atoms with van der Waals surface area (Å²) < 4.78 is 0. The van der Waals surface area contributed by atoms with Gasteiger partial charge in [0.2, 0.25) is 11.8 Å². The lowest BCUT2D eigenvalue weighted by Crippen LogP contribution is -2.40. The van der Waals surface area contributed by atoms with E-state index in [4.69, 9.17) is 5.11 Å². The van der Waals surface area contributed by atoms with Crippen LogP contribution in [0.2, 0.25) is 0 Å². The molecule has 2 aliphatic rings. The van der Waals surface area contributed by atoms with Crippen LogP contribution in [0.3, 0.4) is 0 Å². The molecule has 2 fully saturated rings. The van der Waals surface area contributed by atoms with Gasteiger partial charge in [0.05, 0.1) is 5.92 Å². The number of nitrogens with one attached hydrogen (secondary N) is 1. The van der Waals surface area contributed by atoms with E-state index in [1.54, 1.807) is 0 Å². The lowest BCUT2D eigenvalue weighted by atomic mass is 10.1. The first-order valence-corrected chi connectivity index (χ1v) is 8.32. The molecule has 2 amide bonds. The zero-order chi connectivity index (χ0) is 15.2. The molecule has 1 heterocycles. The second-order valence-electron chi connectivity index (χ2n) is 6.51. The lowest BCUT2D eigenvalue weighted by Gasteiger charge is -2.27. The van der Waals surface area contributed by atoms with Gasteiger partial charge in [0.1, 0.15) is 0 Å². The number of rotatable bonds is 5. The highest BCUT2D eigenvalue weighted by atomic mass is 16.3. The van der Waals surface area contributed by atoms with Gasteiger partial charge in [0.15, 0.2) is 0 Å². The van der Waals surface area contributed by atoms with Crippen molar-refractivity contribution in [3.8, 4) is 0 Å². The Bertz CT molecular complexity index is 365. The molecule has 1 saturated heterocycles. The Labute approximate surface area is 127 Å². The minimum atomic E-state index is -0.220. The molecule has 0 bridgehead atoms. The first-order valence-electron chi connectivity index (χ1n) is 8.32. The molecule has 1 saturated carbocycles. The molecule has 1 aliphatic heterocycles. The van der Waals surface area contributed by atoms with Crippen LogP contribution in [0.1, 0.15) is 58.3 Å². The van der Waals surface area contributed by atoms with E-state index in [1.807, 2.05) is 11.8 Å². The van der Waals surface area contributed by atoms with Crippen LogP contribution < -0.4 is 5.32 Å². The van der Waals surface area contributed by atoms with E-state index in [0.29, 0.717) is 25.4 Å². The Kier molecular flexibility index (Phi) is 6.03. The van der Waals surface area contributed by atoms with Gasteiger partial charge in [-0.1, -0.05) is 25.7 Å². The number of likely N-dealkylation sites (tertiary alicyclic amines) is 1. The average Bonchev–Trinajstić information content (AvgIpc) is 2.66. The maximum Gasteiger partial charge on any atom is 0.225 e. The molecule has 21 heavy (non-hydrogen) atoms. The van der Waals surface area contributed by atoms with Gasteiger partial charge in [0, 0.05) is 31.7 Å². The SMILES string of the molecule is CC(CCO)NC(=O)C1CC(=O)N(C2CCCCCC2)C1. The molecule has 2 unspecified atom stereocenters. The molecule has 0 spiro atoms. The van der Waals surface area contributed by atoms with Gasteiger partial charge in [-0.25, -0.2) is 0 Å². The number of hydrogen-bond acceptors (Lipinski definition) is 3. The Balaban J connectivity index is 1.87. The summed E-state index contributed by atoms with van der Waals surface area (Å²) in [5.74, 6) is -0.126. The molecule has 0 radical (unpaired) electrons. The van der Waals surface area contributed by atoms with Crippen molar-refractivity contribution in [3.63, 3.8) is 0 Å². The number of aliphatic hydroxyl groups is 1. The van der Waals surface area contributed by atoms with Crippen LogP contribution in [0.5, 0.6) is 0 Å². The Hall–Kier alpha value is -1.10. The van der Waals surface area contributed by atoms with Crippen molar-refractivity contribution in [2.45, 2.75) is 70.4 Å². The molecule has 0 aromatic carbocycles. The Morgan fingerprint density at radius 2 is 2.00 bits per heavy atom. The quantitative estimate of drug-likeness (QED) is 0.754. The molecular formula is C16H28N2O3. The summed E-state index contributed by atoms with van der Waals surface area (Å²) in [7, 11) is 0. The number of aliphatic hydroxyl groups excluding tert-OH is 1. The zero-order valence-electron chi connectivity index (χ0n) is 13.0. The average molecular weight is 296 g/mol. The number of amides is 2. The molecule has 5 nitrogen and oxygen atoms in total. The van der Waals surface area contributed by atoms with E-state index in [0.717, 1.165) is 12.8 Å². The van der Waals surface area contributed by atoms with Crippen molar-refractivity contribution < 1.29 is 14.7 Å². The summed E-state index contributed by atoms with van der Waals surface area (Å²) in [4.78, 5) is 26.4. The number of carbonyl (C=O) groups excluding carboxylic acids is 2. The Morgan fingerprint density at radius 3 is 2.62 bits per heavy atom. The standard InChI is InChI=1S/C16H28N2O3/c1-12(8-9-19)17-16(21)13-10-15(20)18(11-13)14-6-4-2-3-5-7-14/h12-14,19H,2-11H2,1H3,(H,17,21). The van der Waals surface area contributed by atoms with Crippen molar-refractivity contribution in [3.05, 3.63) is 0 Å². The highest BCUT2D eigenvalue weighted by Gasteiger charge is 2.37. The molecular weight excluding hydrogens is 268 g/mol. The minimum Gasteiger partial charge on any atom is -0.396 e. The number of hydrogen-bond donors (Lipinski definition) is 2. The third-order valence-corrected chi connectivity index (χ3v) is 4.75. The largest absolute Gasteiger partial charge is 0.396 e. The van der Waals surface area contributed by atoms with Gasteiger partial charge >= 0.3 is 0 Å². The molecule has 2 atom stereocenters. The topological polar surface area (TPSA) is 69.6 Å². The van der Waals surface area contributed by atoms with Crippen molar-refractivity contribution >= 4 is 11.8 Å². The van der Waals surface area contributed by atoms with Crippen LogP contribution in [0.25, 0.3) is 0 Å². The van der Waals surface area contributed by atoms with Gasteiger partial charge in [-0.3, -0.25) is 9.59 Å². The molecule has 2 rings (SSSR count). The molecule has 120 valence electrons. The Morgan fingerprint density at radius 1 is 1.33 bits per heavy atom. The third-order valence-electron chi connectivity index (χ3n) is 4.75. The predicted octanol–water partition coefficient (Wildman–Crippen LogP) is 1.44. The monoisotopic (exact) mass is 296 g/mol. The smallest absolute Gasteiger partial charge is 0.225 e. The summed E-state index contributed by atoms with van der Waals surface area (Å²) in [6.07, 6.45) is 7.98. The third kappa shape index (κ3) is 4.43. The van der Waals surface area contributed by atoms with E-state index < -0.39 is 0 Å². The van der Waals surface area contributed by atoms with Crippen molar-refractivity contribution in [1.29, 1.82) is 0 Å². The maximum absolute atomic E-state index is 12.2. The van der Waals surface area contributed by atoms with Gasteiger partial charge in [-0.2, -0.15) is 0 Å². The summed E-state index contributed by atoms with van der Waals surface area (Å²) in [5.41, 5.74) is 0. The summed E-state index contributed by atoms with van der Waals surface area (Å²) >= 11 is 0. The first kappa shape index (κ1) is 16.3. The number of nitrogens with zero attached hydrogens (tertiary/aromatic N) is 1. The van der Waals surface area contributed by atoms with Gasteiger partial charge < -0.3 is 15.3 Å². The normalized spacial score (nSPS) is 25.7. The van der Waals surface area contributed by atoms with Crippen LogP contribution in [0, 0.1) is 5.92 Å². The fourth-order valence-electron chi connectivity index (χ4n) is 3.46. The predicted molar refractivity (Wildman–Crippen MR) is 80.6 cm³/mol. The summed E-state index contributed by atoms with van der Waals surface area (Å²) in [6.45, 7) is 2.52. The summed E-state index contributed by atoms with van der Waals surface area (Å²) in [6, 6.07) is 0.303. The van der Waals surface area contributed by atoms with Gasteiger partial charge in [0.25, 0.3) is 0 Å². The second kappa shape index (κ2) is 7.78. The van der Waals surface area contributed by atoms with Crippen molar-refractivity contribution in [2.75, 3.05) is 13.2 Å². The van der Waals surface area contributed by atoms with E-state index in [2.05, 4.69) is 5.32 Å². The highest BCUT2D eigenvalue weighted by Crippen LogP contribution is 2.28. The van der Waals surface area contributed by atoms with Crippen LogP contribution >= 0.6 is 0 Å². The van der Waals surface area contributed by atoms with E-state index in [9.17, 15) is 9.59 Å². The highest BCUT2D eigenvalue weighted by molar-refractivity contribution is 5.89. The molecule has 2 N–H and O–H groups in total. The van der Waals surface area contributed by atoms with E-state index in [-0.39, 0.29) is 30.4 Å². The molecule has 0 aromatic heterocycles. The van der Waals surface area contributed by atoms with Crippen LogP contribution in [0.4, 0.5) is 0 Å². The van der Waals surface area contributed by atoms with Crippen LogP contribution in [-0.4, -0.2) is 47.1 Å². The lowest BCUT2D eigenvalue weighted by molar-refractivity contribution is -0.130. The van der Waals surface area contributed by atoms with Crippen molar-refractivity contribution in [1.82, 2.24) is 10.2 Å². The van der Waals surface area contributed by atoms with Gasteiger partial charge in [-0.05, 0) is 26.2 Å². The van der Waals surface area contributed by atoms with E-state index >= 15 is 0 Å². The van der Waals surface area contributed by atoms with Crippen molar-refractivity contribution in [2.24, 2.45) is 5.92 Å². The van der Waals surface area contributed by atoms with E-state index in [1.165, 1.54) is 25.7 Å². The molecule has 5 heteroatoms. The number of carbonyl (C=O) groups is 2. The van der Waals surface area contributed by atoms with Crippen LogP contribution in [0.15, 0.2) is 0 Å². The molecule has 1 aliphatic carbocycles. The zero-order valence-corrected chi connectivity index (χ0v) is 13.0.